The van der Waals surface area contributed by atoms with Gasteiger partial charge in [-0.05, 0) is 24.3 Å². The molecule has 2 rings (SSSR count). The van der Waals surface area contributed by atoms with Crippen LogP contribution in [0.25, 0.3) is 0 Å². The maximum Gasteiger partial charge on any atom is 0.146 e. The van der Waals surface area contributed by atoms with Crippen LogP contribution in [-0.2, 0) is 6.61 Å². The number of hydrogen-bond donors (Lipinski definition) is 1. The molecule has 106 valence electrons. The molecule has 0 bridgehead atoms. The van der Waals surface area contributed by atoms with Crippen LogP contribution in [0.4, 0.5) is 10.1 Å². The van der Waals surface area contributed by atoms with Gasteiger partial charge in [0.2, 0.25) is 0 Å². The van der Waals surface area contributed by atoms with Crippen molar-refractivity contribution in [2.75, 3.05) is 18.0 Å². The molecule has 0 atom stereocenters. The molecule has 1 N–H and O–H groups in total. The number of aliphatic hydroxyl groups excluding tert-OH is 1. The van der Waals surface area contributed by atoms with Crippen LogP contribution < -0.4 is 4.90 Å². The number of halogens is 1. The lowest BCUT2D eigenvalue weighted by Gasteiger charge is -2.42. The molecule has 3 heteroatoms. The van der Waals surface area contributed by atoms with Crippen molar-refractivity contribution in [2.45, 2.75) is 46.1 Å². The van der Waals surface area contributed by atoms with E-state index in [0.717, 1.165) is 25.9 Å². The first-order valence-corrected chi connectivity index (χ1v) is 7.29. The summed E-state index contributed by atoms with van der Waals surface area (Å²) in [5.74, 6) is -0.216. The van der Waals surface area contributed by atoms with Crippen molar-refractivity contribution >= 4 is 5.69 Å². The molecule has 1 aliphatic rings. The Morgan fingerprint density at radius 3 is 2.37 bits per heavy atom. The molecule has 1 aliphatic heterocycles. The van der Waals surface area contributed by atoms with Crippen LogP contribution in [0.15, 0.2) is 18.2 Å². The average molecular weight is 265 g/mol. The van der Waals surface area contributed by atoms with Crippen molar-refractivity contribution in [1.29, 1.82) is 0 Å². The van der Waals surface area contributed by atoms with Crippen LogP contribution in [0.1, 0.15) is 45.1 Å². The number of aliphatic hydroxyl groups is 1. The summed E-state index contributed by atoms with van der Waals surface area (Å²) in [4.78, 5) is 2.10. The minimum absolute atomic E-state index is 0.101. The number of piperidine rings is 1. The molecule has 0 saturated carbocycles. The van der Waals surface area contributed by atoms with Crippen molar-refractivity contribution in [3.05, 3.63) is 29.6 Å². The van der Waals surface area contributed by atoms with Gasteiger partial charge in [0.25, 0.3) is 0 Å². The van der Waals surface area contributed by atoms with Gasteiger partial charge in [0.1, 0.15) is 5.82 Å². The molecular formula is C16H24FNO. The summed E-state index contributed by atoms with van der Waals surface area (Å²) < 4.78 is 14.0. The maximum absolute atomic E-state index is 14.0. The second-order valence-electron chi connectivity index (χ2n) is 5.60. The summed E-state index contributed by atoms with van der Waals surface area (Å²) in [5, 5.41) is 9.38. The number of nitrogens with zero attached hydrogens (tertiary/aromatic N) is 1. The largest absolute Gasteiger partial charge is 0.392 e. The van der Waals surface area contributed by atoms with Gasteiger partial charge < -0.3 is 10.0 Å². The Kier molecular flexibility index (Phi) is 4.46. The van der Waals surface area contributed by atoms with Crippen molar-refractivity contribution in [2.24, 2.45) is 5.41 Å². The monoisotopic (exact) mass is 265 g/mol. The second-order valence-corrected chi connectivity index (χ2v) is 5.60. The van der Waals surface area contributed by atoms with Crippen molar-refractivity contribution in [1.82, 2.24) is 0 Å². The fraction of sp³-hybridized carbons (Fsp3) is 0.625. The molecule has 0 amide bonds. The highest BCUT2D eigenvalue weighted by molar-refractivity contribution is 5.55. The Balaban J connectivity index is 2.18. The average Bonchev–Trinajstić information content (AvgIpc) is 2.47. The van der Waals surface area contributed by atoms with Gasteiger partial charge in [0.15, 0.2) is 0 Å². The predicted molar refractivity (Wildman–Crippen MR) is 76.8 cm³/mol. The summed E-state index contributed by atoms with van der Waals surface area (Å²) in [6.07, 6.45) is 4.61. The van der Waals surface area contributed by atoms with Crippen LogP contribution in [0.3, 0.4) is 0 Å². The van der Waals surface area contributed by atoms with Crippen LogP contribution in [0, 0.1) is 11.2 Å². The van der Waals surface area contributed by atoms with Gasteiger partial charge in [-0.1, -0.05) is 38.8 Å². The Hall–Kier alpha value is -1.09. The van der Waals surface area contributed by atoms with Crippen molar-refractivity contribution in [3.8, 4) is 0 Å². The first kappa shape index (κ1) is 14.3. The Morgan fingerprint density at radius 2 is 1.84 bits per heavy atom. The molecule has 1 aromatic rings. The van der Waals surface area contributed by atoms with E-state index >= 15 is 0 Å². The van der Waals surface area contributed by atoms with Gasteiger partial charge in [-0.2, -0.15) is 0 Å². The lowest BCUT2D eigenvalue weighted by molar-refractivity contribution is 0.198. The Morgan fingerprint density at radius 1 is 1.21 bits per heavy atom. The lowest BCUT2D eigenvalue weighted by atomic mass is 9.74. The fourth-order valence-corrected chi connectivity index (χ4v) is 3.20. The summed E-state index contributed by atoms with van der Waals surface area (Å²) >= 11 is 0. The van der Waals surface area contributed by atoms with Gasteiger partial charge >= 0.3 is 0 Å². The third-order valence-electron chi connectivity index (χ3n) is 4.88. The number of benzene rings is 1. The van der Waals surface area contributed by atoms with Gasteiger partial charge in [-0.25, -0.2) is 4.39 Å². The zero-order chi connectivity index (χ0) is 13.9. The quantitative estimate of drug-likeness (QED) is 0.896. The fourth-order valence-electron chi connectivity index (χ4n) is 3.20. The molecule has 1 heterocycles. The van der Waals surface area contributed by atoms with E-state index in [1.165, 1.54) is 18.9 Å². The van der Waals surface area contributed by atoms with E-state index in [1.54, 1.807) is 12.1 Å². The highest BCUT2D eigenvalue weighted by Gasteiger charge is 2.32. The van der Waals surface area contributed by atoms with Crippen LogP contribution in [-0.4, -0.2) is 18.2 Å². The molecule has 1 saturated heterocycles. The number of hydrogen-bond acceptors (Lipinski definition) is 2. The topological polar surface area (TPSA) is 23.5 Å². The highest BCUT2D eigenvalue weighted by Crippen LogP contribution is 2.40. The summed E-state index contributed by atoms with van der Waals surface area (Å²) in [6, 6.07) is 4.95. The van der Waals surface area contributed by atoms with Crippen LogP contribution in [0.2, 0.25) is 0 Å². The van der Waals surface area contributed by atoms with E-state index < -0.39 is 0 Å². The standard InChI is InChI=1S/C16H24FNO/c1-3-16(4-2)8-10-18(11-9-16)15-13(12-19)6-5-7-14(15)17/h5-7,19H,3-4,8-12H2,1-2H3. The first-order chi connectivity index (χ1) is 9.15. The third kappa shape index (κ3) is 2.76. The minimum Gasteiger partial charge on any atom is -0.392 e. The molecule has 2 nitrogen and oxygen atoms in total. The zero-order valence-corrected chi connectivity index (χ0v) is 12.0. The van der Waals surface area contributed by atoms with E-state index in [0.29, 0.717) is 16.7 Å². The van der Waals surface area contributed by atoms with E-state index in [-0.39, 0.29) is 12.4 Å². The normalized spacial score (nSPS) is 18.6. The molecule has 1 aromatic carbocycles. The van der Waals surface area contributed by atoms with Gasteiger partial charge in [-0.15, -0.1) is 0 Å². The molecular weight excluding hydrogens is 241 g/mol. The molecule has 19 heavy (non-hydrogen) atoms. The minimum atomic E-state index is -0.216. The predicted octanol–water partition coefficient (Wildman–Crippen LogP) is 3.72. The van der Waals surface area contributed by atoms with E-state index in [1.807, 2.05) is 0 Å². The SMILES string of the molecule is CCC1(CC)CCN(c2c(F)cccc2CO)CC1. The summed E-state index contributed by atoms with van der Waals surface area (Å²) in [6.45, 7) is 6.17. The Bertz CT molecular complexity index is 419. The number of para-hydroxylation sites is 1. The van der Waals surface area contributed by atoms with E-state index in [4.69, 9.17) is 0 Å². The first-order valence-electron chi connectivity index (χ1n) is 7.29. The highest BCUT2D eigenvalue weighted by atomic mass is 19.1. The van der Waals surface area contributed by atoms with Gasteiger partial charge in [0, 0.05) is 18.7 Å². The van der Waals surface area contributed by atoms with Gasteiger partial charge in [0.05, 0.1) is 12.3 Å². The van der Waals surface area contributed by atoms with Crippen molar-refractivity contribution < 1.29 is 9.50 Å². The lowest BCUT2D eigenvalue weighted by Crippen LogP contribution is -2.40. The van der Waals surface area contributed by atoms with Crippen LogP contribution >= 0.6 is 0 Å². The maximum atomic E-state index is 14.0. The Labute approximate surface area is 115 Å². The van der Waals surface area contributed by atoms with E-state index in [9.17, 15) is 9.50 Å². The number of rotatable bonds is 4. The molecule has 0 aromatic heterocycles. The summed E-state index contributed by atoms with van der Waals surface area (Å²) in [7, 11) is 0. The molecule has 0 spiro atoms. The third-order valence-corrected chi connectivity index (χ3v) is 4.88. The second kappa shape index (κ2) is 5.91. The summed E-state index contributed by atoms with van der Waals surface area (Å²) in [5.41, 5.74) is 1.73. The van der Waals surface area contributed by atoms with Gasteiger partial charge in [-0.3, -0.25) is 0 Å². The van der Waals surface area contributed by atoms with Crippen LogP contribution in [0.5, 0.6) is 0 Å². The van der Waals surface area contributed by atoms with Crippen molar-refractivity contribution in [3.63, 3.8) is 0 Å². The smallest absolute Gasteiger partial charge is 0.146 e. The van der Waals surface area contributed by atoms with E-state index in [2.05, 4.69) is 18.7 Å². The molecule has 1 fully saturated rings. The molecule has 0 radical (unpaired) electrons. The molecule has 0 unspecified atom stereocenters. The number of anilines is 1. The molecule has 0 aliphatic carbocycles. The zero-order valence-electron chi connectivity index (χ0n) is 12.0.